The molecule has 0 radical (unpaired) electrons. The van der Waals surface area contributed by atoms with Crippen LogP contribution in [-0.2, 0) is 23.9 Å². The molecule has 5 heterocycles. The van der Waals surface area contributed by atoms with Gasteiger partial charge in [-0.05, 0) is 32.9 Å². The van der Waals surface area contributed by atoms with Gasteiger partial charge in [-0.2, -0.15) is 10.2 Å². The maximum Gasteiger partial charge on any atom is 0.573 e. The summed E-state index contributed by atoms with van der Waals surface area (Å²) in [5.41, 5.74) is 9.09. The smallest absolute Gasteiger partial charge is 0.402 e. The Labute approximate surface area is 216 Å². The van der Waals surface area contributed by atoms with Crippen LogP contribution in [0.25, 0.3) is 11.3 Å². The molecule has 0 saturated carbocycles. The lowest BCUT2D eigenvalue weighted by Crippen LogP contribution is -2.45. The number of alkyl halides is 3. The van der Waals surface area contributed by atoms with Crippen LogP contribution in [0.4, 0.5) is 23.8 Å². The highest BCUT2D eigenvalue weighted by Crippen LogP contribution is 2.40. The Morgan fingerprint density at radius 1 is 1.26 bits per heavy atom. The number of halogens is 3. The summed E-state index contributed by atoms with van der Waals surface area (Å²) in [6.07, 6.45) is -3.01. The number of carbonyl (C=O) groups is 1. The van der Waals surface area contributed by atoms with Gasteiger partial charge in [-0.1, -0.05) is 0 Å². The lowest BCUT2D eigenvalue weighted by atomic mass is 9.96. The number of nitrogens with two attached hydrogens (primary N) is 1. The zero-order chi connectivity index (χ0) is 27.4. The van der Waals surface area contributed by atoms with Crippen LogP contribution in [0.3, 0.4) is 0 Å². The summed E-state index contributed by atoms with van der Waals surface area (Å²) < 4.78 is 52.1. The molecule has 38 heavy (non-hydrogen) atoms. The first-order valence-corrected chi connectivity index (χ1v) is 12.2. The molecule has 11 nitrogen and oxygen atoms in total. The molecule has 5 rings (SSSR count). The third kappa shape index (κ3) is 4.64. The van der Waals surface area contributed by atoms with Crippen molar-refractivity contribution in [3.8, 4) is 17.0 Å². The predicted octanol–water partition coefficient (Wildman–Crippen LogP) is 3.18. The number of likely N-dealkylation sites (tertiary alicyclic amines) is 1. The maximum atomic E-state index is 13.2. The fraction of sp³-hybridized carbons (Fsp3) is 0.500. The largest absolute Gasteiger partial charge is 0.573 e. The molecule has 1 spiro atoms. The molecule has 0 bridgehead atoms. The van der Waals surface area contributed by atoms with Crippen LogP contribution < -0.4 is 15.8 Å². The number of pyridine rings is 1. The number of ether oxygens (including phenoxy) is 2. The Bertz CT molecular complexity index is 1380. The molecule has 14 heteroatoms. The monoisotopic (exact) mass is 534 g/mol. The minimum absolute atomic E-state index is 0.214. The summed E-state index contributed by atoms with van der Waals surface area (Å²) in [6, 6.07) is 2.48. The Hall–Kier alpha value is -3.81. The second kappa shape index (κ2) is 9.19. The zero-order valence-electron chi connectivity index (χ0n) is 21.5. The van der Waals surface area contributed by atoms with Crippen molar-refractivity contribution in [1.29, 1.82) is 0 Å². The van der Waals surface area contributed by atoms with Crippen LogP contribution in [0.1, 0.15) is 42.0 Å². The third-order valence-electron chi connectivity index (χ3n) is 7.19. The van der Waals surface area contributed by atoms with E-state index in [4.69, 9.17) is 10.5 Å². The minimum atomic E-state index is -4.90. The number of urea groups is 1. The summed E-state index contributed by atoms with van der Waals surface area (Å²) in [5.74, 6) is -0.970. The lowest BCUT2D eigenvalue weighted by Gasteiger charge is -2.34. The average molecular weight is 535 g/mol. The van der Waals surface area contributed by atoms with Crippen molar-refractivity contribution < 1.29 is 27.4 Å². The number of amides is 2. The van der Waals surface area contributed by atoms with Crippen molar-refractivity contribution in [3.05, 3.63) is 41.0 Å². The number of nitrogen functional groups attached to an aromatic ring is 1. The van der Waals surface area contributed by atoms with Crippen LogP contribution in [0.5, 0.6) is 5.75 Å². The summed E-state index contributed by atoms with van der Waals surface area (Å²) in [6.45, 7) is 7.44. The highest BCUT2D eigenvalue weighted by Gasteiger charge is 2.47. The lowest BCUT2D eigenvalue weighted by molar-refractivity contribution is -0.274. The van der Waals surface area contributed by atoms with E-state index in [1.807, 2.05) is 27.8 Å². The van der Waals surface area contributed by atoms with Crippen molar-refractivity contribution in [2.45, 2.75) is 51.7 Å². The van der Waals surface area contributed by atoms with Crippen LogP contribution in [0.15, 0.2) is 18.3 Å². The van der Waals surface area contributed by atoms with E-state index in [-0.39, 0.29) is 17.9 Å². The molecule has 1 saturated heterocycles. The van der Waals surface area contributed by atoms with Gasteiger partial charge in [0, 0.05) is 43.0 Å². The number of fused-ring (bicyclic) bond motifs is 2. The standard InChI is InChI=1S/C24H29F3N8O3/c1-13(20-14(2)31-33(4)15(20)3)30-22(36)34-6-5-23(12-34)19-10-17(32-35(19)7-8-37-23)16-9-18(21(28)29-11-16)38-24(25,26)27/h9-11,13H,5-8,12H2,1-4H3,(H2,28,29)(H,30,36). The van der Waals surface area contributed by atoms with Crippen LogP contribution in [0, 0.1) is 13.8 Å². The summed E-state index contributed by atoms with van der Waals surface area (Å²) in [7, 11) is 1.87. The van der Waals surface area contributed by atoms with Crippen LogP contribution in [0.2, 0.25) is 0 Å². The Kier molecular flexibility index (Phi) is 6.24. The molecule has 3 aromatic rings. The third-order valence-corrected chi connectivity index (χ3v) is 7.19. The molecule has 0 aliphatic carbocycles. The van der Waals surface area contributed by atoms with Gasteiger partial charge in [0.1, 0.15) is 5.60 Å². The normalized spacial score (nSPS) is 20.0. The van der Waals surface area contributed by atoms with Gasteiger partial charge in [0.25, 0.3) is 0 Å². The van der Waals surface area contributed by atoms with E-state index in [1.54, 1.807) is 20.3 Å². The molecule has 0 aromatic carbocycles. The van der Waals surface area contributed by atoms with E-state index < -0.39 is 17.7 Å². The fourth-order valence-electron chi connectivity index (χ4n) is 5.35. The van der Waals surface area contributed by atoms with E-state index >= 15 is 0 Å². The number of hydrogen-bond donors (Lipinski definition) is 2. The van der Waals surface area contributed by atoms with Crippen LogP contribution >= 0.6 is 0 Å². The van der Waals surface area contributed by atoms with Gasteiger partial charge in [0.15, 0.2) is 11.6 Å². The van der Waals surface area contributed by atoms with Crippen molar-refractivity contribution in [2.75, 3.05) is 25.4 Å². The molecule has 2 aliphatic rings. The Balaban J connectivity index is 1.36. The fourth-order valence-corrected chi connectivity index (χ4v) is 5.35. The summed E-state index contributed by atoms with van der Waals surface area (Å²) >= 11 is 0. The quantitative estimate of drug-likeness (QED) is 0.527. The number of anilines is 1. The van der Waals surface area contributed by atoms with E-state index in [0.29, 0.717) is 43.9 Å². The highest BCUT2D eigenvalue weighted by molar-refractivity contribution is 5.75. The van der Waals surface area contributed by atoms with Gasteiger partial charge in [0.05, 0.1) is 42.8 Å². The number of nitrogens with zero attached hydrogens (tertiary/aromatic N) is 6. The van der Waals surface area contributed by atoms with E-state index in [2.05, 4.69) is 25.2 Å². The SMILES string of the molecule is Cc1nn(C)c(C)c1C(C)NC(=O)N1CCC2(C1)OCCn1nc(-c3cnc(N)c(OC(F)(F)F)c3)cc12. The summed E-state index contributed by atoms with van der Waals surface area (Å²) in [5, 5.41) is 12.1. The molecule has 204 valence electrons. The van der Waals surface area contributed by atoms with Gasteiger partial charge in [-0.15, -0.1) is 13.2 Å². The van der Waals surface area contributed by atoms with Crippen LogP contribution in [-0.4, -0.2) is 61.5 Å². The molecule has 3 aromatic heterocycles. The molecule has 2 unspecified atom stereocenters. The molecular formula is C24H29F3N8O3. The van der Waals surface area contributed by atoms with Gasteiger partial charge < -0.3 is 25.4 Å². The first-order valence-electron chi connectivity index (χ1n) is 12.2. The van der Waals surface area contributed by atoms with Gasteiger partial charge in [0.2, 0.25) is 0 Å². The minimum Gasteiger partial charge on any atom is -0.402 e. The number of rotatable bonds is 4. The second-order valence-corrected chi connectivity index (χ2v) is 9.69. The molecule has 2 atom stereocenters. The Morgan fingerprint density at radius 3 is 2.71 bits per heavy atom. The molecule has 3 N–H and O–H groups in total. The number of nitrogens with one attached hydrogen (secondary N) is 1. The number of aromatic nitrogens is 5. The Morgan fingerprint density at radius 2 is 2.03 bits per heavy atom. The van der Waals surface area contributed by atoms with E-state index in [0.717, 1.165) is 28.7 Å². The second-order valence-electron chi connectivity index (χ2n) is 9.69. The average Bonchev–Trinajstić information content (AvgIpc) is 3.52. The van der Waals surface area contributed by atoms with Crippen molar-refractivity contribution in [3.63, 3.8) is 0 Å². The molecule has 2 amide bonds. The van der Waals surface area contributed by atoms with Gasteiger partial charge in [-0.3, -0.25) is 9.36 Å². The maximum absolute atomic E-state index is 13.2. The topological polar surface area (TPSA) is 125 Å². The molecular weight excluding hydrogens is 505 g/mol. The summed E-state index contributed by atoms with van der Waals surface area (Å²) in [4.78, 5) is 18.7. The van der Waals surface area contributed by atoms with Crippen molar-refractivity contribution in [2.24, 2.45) is 7.05 Å². The van der Waals surface area contributed by atoms with E-state index in [1.165, 1.54) is 6.20 Å². The number of carbonyl (C=O) groups excluding carboxylic acids is 1. The first-order chi connectivity index (χ1) is 17.9. The number of aryl methyl sites for hydroxylation is 2. The first kappa shape index (κ1) is 25.8. The predicted molar refractivity (Wildman–Crippen MR) is 130 cm³/mol. The highest BCUT2D eigenvalue weighted by atomic mass is 19.4. The van der Waals surface area contributed by atoms with Gasteiger partial charge >= 0.3 is 12.4 Å². The zero-order valence-corrected chi connectivity index (χ0v) is 21.5. The van der Waals surface area contributed by atoms with E-state index in [9.17, 15) is 18.0 Å². The van der Waals surface area contributed by atoms with Crippen molar-refractivity contribution in [1.82, 2.24) is 34.8 Å². The number of hydrogen-bond acceptors (Lipinski definition) is 7. The van der Waals surface area contributed by atoms with Crippen molar-refractivity contribution >= 4 is 11.8 Å². The molecule has 1 fully saturated rings. The molecule has 2 aliphatic heterocycles. The van der Waals surface area contributed by atoms with Gasteiger partial charge in [-0.25, -0.2) is 9.78 Å².